The zero-order valence-corrected chi connectivity index (χ0v) is 13.9. The monoisotopic (exact) mass is 317 g/mol. The van der Waals surface area contributed by atoms with Crippen LogP contribution >= 0.6 is 0 Å². The van der Waals surface area contributed by atoms with Gasteiger partial charge in [0, 0.05) is 46.0 Å². The molecule has 3 rings (SSSR count). The SMILES string of the molecule is CN=C(NCc1ccnc(N2CCCC2)c1)NCC1CCCO1. The molecule has 1 atom stereocenters. The standard InChI is InChI=1S/C17H27N5O/c1-18-17(21-13-15-5-4-10-23-15)20-12-14-6-7-19-16(11-14)22-8-2-3-9-22/h6-7,11,15H,2-5,8-10,12-13H2,1H3,(H2,18,20,21). The van der Waals surface area contributed by atoms with Crippen LogP contribution in [0.25, 0.3) is 0 Å². The van der Waals surface area contributed by atoms with Crippen LogP contribution in [0, 0.1) is 0 Å². The molecule has 0 aromatic carbocycles. The summed E-state index contributed by atoms with van der Waals surface area (Å²) in [5, 5.41) is 6.70. The van der Waals surface area contributed by atoms with Gasteiger partial charge in [-0.15, -0.1) is 0 Å². The molecular formula is C17H27N5O. The second-order valence-corrected chi connectivity index (χ2v) is 6.16. The van der Waals surface area contributed by atoms with Gasteiger partial charge in [-0.1, -0.05) is 0 Å². The predicted octanol–water partition coefficient (Wildman–Crippen LogP) is 1.53. The van der Waals surface area contributed by atoms with Crippen molar-refractivity contribution in [3.8, 4) is 0 Å². The summed E-state index contributed by atoms with van der Waals surface area (Å²) in [5.74, 6) is 1.91. The van der Waals surface area contributed by atoms with Crippen molar-refractivity contribution in [1.82, 2.24) is 15.6 Å². The summed E-state index contributed by atoms with van der Waals surface area (Å²) in [7, 11) is 1.80. The third-order valence-electron chi connectivity index (χ3n) is 4.44. The van der Waals surface area contributed by atoms with Gasteiger partial charge in [0.05, 0.1) is 6.10 Å². The minimum atomic E-state index is 0.316. The number of rotatable bonds is 5. The topological polar surface area (TPSA) is 61.8 Å². The molecule has 1 aromatic rings. The van der Waals surface area contributed by atoms with Gasteiger partial charge in [-0.25, -0.2) is 4.98 Å². The summed E-state index contributed by atoms with van der Waals surface area (Å²) in [6.45, 7) is 4.68. The first-order valence-corrected chi connectivity index (χ1v) is 8.61. The number of anilines is 1. The van der Waals surface area contributed by atoms with Gasteiger partial charge in [-0.2, -0.15) is 0 Å². The van der Waals surface area contributed by atoms with Crippen molar-refractivity contribution in [2.75, 3.05) is 38.2 Å². The third-order valence-corrected chi connectivity index (χ3v) is 4.44. The van der Waals surface area contributed by atoms with E-state index in [1.807, 2.05) is 6.20 Å². The van der Waals surface area contributed by atoms with E-state index >= 15 is 0 Å². The number of hydrogen-bond donors (Lipinski definition) is 2. The molecule has 1 aromatic heterocycles. The molecule has 2 aliphatic rings. The number of nitrogens with zero attached hydrogens (tertiary/aromatic N) is 3. The van der Waals surface area contributed by atoms with Crippen molar-refractivity contribution in [3.63, 3.8) is 0 Å². The van der Waals surface area contributed by atoms with E-state index in [9.17, 15) is 0 Å². The molecule has 2 saturated heterocycles. The van der Waals surface area contributed by atoms with E-state index in [4.69, 9.17) is 4.74 Å². The van der Waals surface area contributed by atoms with Gasteiger partial charge in [0.15, 0.2) is 5.96 Å². The number of aliphatic imine (C=N–C) groups is 1. The molecule has 0 radical (unpaired) electrons. The summed E-state index contributed by atoms with van der Waals surface area (Å²) >= 11 is 0. The second-order valence-electron chi connectivity index (χ2n) is 6.16. The molecule has 0 bridgehead atoms. The van der Waals surface area contributed by atoms with Crippen molar-refractivity contribution >= 4 is 11.8 Å². The lowest BCUT2D eigenvalue weighted by Gasteiger charge is -2.18. The number of nitrogens with one attached hydrogen (secondary N) is 2. The Morgan fingerprint density at radius 1 is 1.35 bits per heavy atom. The number of hydrogen-bond acceptors (Lipinski definition) is 4. The molecule has 2 aliphatic heterocycles. The maximum Gasteiger partial charge on any atom is 0.191 e. The molecule has 0 aliphatic carbocycles. The van der Waals surface area contributed by atoms with Gasteiger partial charge in [-0.3, -0.25) is 4.99 Å². The molecule has 126 valence electrons. The van der Waals surface area contributed by atoms with Crippen LogP contribution in [0.3, 0.4) is 0 Å². The van der Waals surface area contributed by atoms with Gasteiger partial charge in [-0.05, 0) is 43.4 Å². The quantitative estimate of drug-likeness (QED) is 0.637. The lowest BCUT2D eigenvalue weighted by Crippen LogP contribution is -2.40. The molecule has 6 heteroatoms. The van der Waals surface area contributed by atoms with Crippen LogP contribution in [0.15, 0.2) is 23.3 Å². The Labute approximate surface area is 138 Å². The Morgan fingerprint density at radius 2 is 2.22 bits per heavy atom. The highest BCUT2D eigenvalue weighted by atomic mass is 16.5. The van der Waals surface area contributed by atoms with E-state index in [-0.39, 0.29) is 0 Å². The molecule has 2 N–H and O–H groups in total. The Balaban J connectivity index is 1.49. The average molecular weight is 317 g/mol. The molecule has 3 heterocycles. The average Bonchev–Trinajstić information content (AvgIpc) is 3.29. The van der Waals surface area contributed by atoms with Crippen molar-refractivity contribution in [1.29, 1.82) is 0 Å². The molecule has 0 amide bonds. The number of aromatic nitrogens is 1. The van der Waals surface area contributed by atoms with E-state index in [1.165, 1.54) is 18.4 Å². The number of pyridine rings is 1. The van der Waals surface area contributed by atoms with Gasteiger partial charge in [0.25, 0.3) is 0 Å². The van der Waals surface area contributed by atoms with Gasteiger partial charge in [0.2, 0.25) is 0 Å². The molecule has 0 spiro atoms. The molecule has 2 fully saturated rings. The lowest BCUT2D eigenvalue weighted by molar-refractivity contribution is 0.114. The maximum atomic E-state index is 5.62. The van der Waals surface area contributed by atoms with Crippen molar-refractivity contribution in [3.05, 3.63) is 23.9 Å². The molecule has 0 saturated carbocycles. The lowest BCUT2D eigenvalue weighted by atomic mass is 10.2. The van der Waals surface area contributed by atoms with Gasteiger partial charge < -0.3 is 20.3 Å². The van der Waals surface area contributed by atoms with Crippen LogP contribution in [0.4, 0.5) is 5.82 Å². The van der Waals surface area contributed by atoms with E-state index in [0.29, 0.717) is 6.10 Å². The molecule has 6 nitrogen and oxygen atoms in total. The van der Waals surface area contributed by atoms with E-state index in [1.54, 1.807) is 7.05 Å². The Morgan fingerprint density at radius 3 is 2.96 bits per heavy atom. The Kier molecular flexibility index (Phi) is 5.69. The predicted molar refractivity (Wildman–Crippen MR) is 92.9 cm³/mol. The van der Waals surface area contributed by atoms with E-state index in [0.717, 1.165) is 57.4 Å². The summed E-state index contributed by atoms with van der Waals surface area (Å²) in [5.41, 5.74) is 1.22. The minimum absolute atomic E-state index is 0.316. The van der Waals surface area contributed by atoms with Crippen LogP contribution in [0.1, 0.15) is 31.2 Å². The second kappa shape index (κ2) is 8.15. The van der Waals surface area contributed by atoms with Gasteiger partial charge in [0.1, 0.15) is 5.82 Å². The fourth-order valence-corrected chi connectivity index (χ4v) is 3.11. The first-order chi connectivity index (χ1) is 11.3. The Hall–Kier alpha value is -1.82. The summed E-state index contributed by atoms with van der Waals surface area (Å²) in [6.07, 6.45) is 7.04. The summed E-state index contributed by atoms with van der Waals surface area (Å²) in [6, 6.07) is 4.23. The highest BCUT2D eigenvalue weighted by Gasteiger charge is 2.16. The fourth-order valence-electron chi connectivity index (χ4n) is 3.11. The zero-order chi connectivity index (χ0) is 15.9. The smallest absolute Gasteiger partial charge is 0.191 e. The van der Waals surface area contributed by atoms with Crippen LogP contribution in [-0.4, -0.2) is 50.3 Å². The van der Waals surface area contributed by atoms with Crippen LogP contribution in [-0.2, 0) is 11.3 Å². The molecule has 23 heavy (non-hydrogen) atoms. The first-order valence-electron chi connectivity index (χ1n) is 8.61. The first kappa shape index (κ1) is 16.1. The minimum Gasteiger partial charge on any atom is -0.376 e. The van der Waals surface area contributed by atoms with Crippen LogP contribution in [0.2, 0.25) is 0 Å². The van der Waals surface area contributed by atoms with Crippen molar-refractivity contribution in [2.24, 2.45) is 4.99 Å². The van der Waals surface area contributed by atoms with E-state index in [2.05, 4.69) is 37.6 Å². The Bertz CT molecular complexity index is 521. The maximum absolute atomic E-state index is 5.62. The molecule has 1 unspecified atom stereocenters. The van der Waals surface area contributed by atoms with Crippen LogP contribution in [0.5, 0.6) is 0 Å². The largest absolute Gasteiger partial charge is 0.376 e. The van der Waals surface area contributed by atoms with E-state index < -0.39 is 0 Å². The third kappa shape index (κ3) is 4.58. The zero-order valence-electron chi connectivity index (χ0n) is 13.9. The van der Waals surface area contributed by atoms with Crippen molar-refractivity contribution < 1.29 is 4.74 Å². The number of guanidine groups is 1. The van der Waals surface area contributed by atoms with Crippen LogP contribution < -0.4 is 15.5 Å². The molecular weight excluding hydrogens is 290 g/mol. The highest BCUT2D eigenvalue weighted by Crippen LogP contribution is 2.18. The number of ether oxygens (including phenoxy) is 1. The van der Waals surface area contributed by atoms with Gasteiger partial charge >= 0.3 is 0 Å². The normalized spacial score (nSPS) is 21.7. The van der Waals surface area contributed by atoms with Crippen molar-refractivity contribution in [2.45, 2.75) is 38.3 Å². The summed E-state index contributed by atoms with van der Waals surface area (Å²) in [4.78, 5) is 11.1. The summed E-state index contributed by atoms with van der Waals surface area (Å²) < 4.78 is 5.62. The fraction of sp³-hybridized carbons (Fsp3) is 0.647. The highest BCUT2D eigenvalue weighted by molar-refractivity contribution is 5.79.